The summed E-state index contributed by atoms with van der Waals surface area (Å²) in [6, 6.07) is 10.8. The summed E-state index contributed by atoms with van der Waals surface area (Å²) in [6.45, 7) is 3.63. The first-order valence-electron chi connectivity index (χ1n) is 8.03. The van der Waals surface area contributed by atoms with E-state index in [2.05, 4.69) is 10.6 Å². The van der Waals surface area contributed by atoms with E-state index in [1.54, 1.807) is 18.2 Å². The topological polar surface area (TPSA) is 67.4 Å². The minimum absolute atomic E-state index is 0.117. The summed E-state index contributed by atoms with van der Waals surface area (Å²) >= 11 is 6.02. The van der Waals surface area contributed by atoms with E-state index < -0.39 is 0 Å². The van der Waals surface area contributed by atoms with Crippen LogP contribution in [0.4, 0.5) is 11.4 Å². The van der Waals surface area contributed by atoms with Crippen LogP contribution in [0.5, 0.6) is 5.75 Å². The Bertz CT molecular complexity index is 835. The predicted molar refractivity (Wildman–Crippen MR) is 98.3 cm³/mol. The van der Waals surface area contributed by atoms with Crippen molar-refractivity contribution in [3.05, 3.63) is 52.5 Å². The molecule has 1 heterocycles. The lowest BCUT2D eigenvalue weighted by Gasteiger charge is -2.25. The molecule has 0 spiro atoms. The molecule has 1 unspecified atom stereocenters. The van der Waals surface area contributed by atoms with Gasteiger partial charge < -0.3 is 15.4 Å². The Hall–Kier alpha value is -2.53. The van der Waals surface area contributed by atoms with Gasteiger partial charge >= 0.3 is 0 Å². The number of fused-ring (bicyclic) bond motifs is 1. The third kappa shape index (κ3) is 3.94. The van der Waals surface area contributed by atoms with E-state index in [-0.39, 0.29) is 17.7 Å². The van der Waals surface area contributed by atoms with E-state index in [9.17, 15) is 9.59 Å². The molecule has 2 aromatic rings. The van der Waals surface area contributed by atoms with Crippen molar-refractivity contribution in [2.75, 3.05) is 17.2 Å². The first-order chi connectivity index (χ1) is 11.9. The molecule has 2 amide bonds. The molecule has 1 aliphatic rings. The van der Waals surface area contributed by atoms with Gasteiger partial charge in [-0.1, -0.05) is 17.7 Å². The Morgan fingerprint density at radius 3 is 2.60 bits per heavy atom. The largest absolute Gasteiger partial charge is 0.492 e. The summed E-state index contributed by atoms with van der Waals surface area (Å²) in [6.07, 6.45) is 0.576. The van der Waals surface area contributed by atoms with Crippen molar-refractivity contribution >= 4 is 34.8 Å². The molecule has 0 fully saturated rings. The van der Waals surface area contributed by atoms with Crippen molar-refractivity contribution in [2.24, 2.45) is 5.92 Å². The van der Waals surface area contributed by atoms with E-state index in [0.717, 1.165) is 16.9 Å². The zero-order valence-corrected chi connectivity index (χ0v) is 14.8. The van der Waals surface area contributed by atoms with Crippen molar-refractivity contribution < 1.29 is 14.3 Å². The molecule has 2 N–H and O–H groups in total. The molecular weight excluding hydrogens is 340 g/mol. The Balaban J connectivity index is 1.74. The first-order valence-corrected chi connectivity index (χ1v) is 8.41. The molecule has 0 saturated carbocycles. The number of hydrogen-bond donors (Lipinski definition) is 2. The lowest BCUT2D eigenvalue weighted by atomic mass is 9.96. The maximum atomic E-state index is 12.6. The third-order valence-electron chi connectivity index (χ3n) is 4.20. The van der Waals surface area contributed by atoms with Crippen LogP contribution < -0.4 is 15.4 Å². The minimum Gasteiger partial charge on any atom is -0.492 e. The quantitative estimate of drug-likeness (QED) is 0.877. The highest BCUT2D eigenvalue weighted by Gasteiger charge is 2.26. The van der Waals surface area contributed by atoms with Gasteiger partial charge in [0.05, 0.1) is 5.92 Å². The second-order valence-electron chi connectivity index (χ2n) is 6.11. The van der Waals surface area contributed by atoms with Gasteiger partial charge in [-0.05, 0) is 54.8 Å². The number of benzene rings is 2. The smallest absolute Gasteiger partial charge is 0.231 e. The van der Waals surface area contributed by atoms with Gasteiger partial charge in [0.15, 0.2) is 0 Å². The van der Waals surface area contributed by atoms with Gasteiger partial charge in [0.2, 0.25) is 11.8 Å². The van der Waals surface area contributed by atoms with Crippen molar-refractivity contribution in [2.45, 2.75) is 20.3 Å². The Morgan fingerprint density at radius 1 is 1.16 bits per heavy atom. The first kappa shape index (κ1) is 17.3. The molecule has 130 valence electrons. The number of hydrogen-bond acceptors (Lipinski definition) is 3. The molecule has 25 heavy (non-hydrogen) atoms. The Kier molecular flexibility index (Phi) is 4.95. The lowest BCUT2D eigenvalue weighted by molar-refractivity contribution is -0.121. The number of carbonyl (C=O) groups is 2. The monoisotopic (exact) mass is 358 g/mol. The summed E-state index contributed by atoms with van der Waals surface area (Å²) in [4.78, 5) is 23.9. The highest BCUT2D eigenvalue weighted by Crippen LogP contribution is 2.31. The fourth-order valence-electron chi connectivity index (χ4n) is 2.86. The Labute approximate surface area is 151 Å². The van der Waals surface area contributed by atoms with Gasteiger partial charge in [-0.25, -0.2) is 0 Å². The van der Waals surface area contributed by atoms with Gasteiger partial charge in [-0.3, -0.25) is 9.59 Å². The number of ether oxygens (including phenoxy) is 1. The molecule has 1 atom stereocenters. The molecule has 3 rings (SSSR count). The molecule has 6 heteroatoms. The normalized spacial score (nSPS) is 15.7. The van der Waals surface area contributed by atoms with Crippen LogP contribution in [0.3, 0.4) is 0 Å². The van der Waals surface area contributed by atoms with Crippen LogP contribution in [0.15, 0.2) is 36.4 Å². The molecule has 1 aliphatic heterocycles. The SMILES string of the molecule is CC(=O)Nc1cccc(NC(=O)C2COc3ccc(Cl)cc3C2)c1C. The van der Waals surface area contributed by atoms with E-state index in [0.29, 0.717) is 29.4 Å². The van der Waals surface area contributed by atoms with Gasteiger partial charge in [0, 0.05) is 23.3 Å². The molecular formula is C19H19ClN2O3. The van der Waals surface area contributed by atoms with E-state index in [1.165, 1.54) is 6.92 Å². The van der Waals surface area contributed by atoms with Crippen molar-refractivity contribution in [1.29, 1.82) is 0 Å². The average Bonchev–Trinajstić information content (AvgIpc) is 2.57. The summed E-state index contributed by atoms with van der Waals surface area (Å²) in [5.41, 5.74) is 3.10. The minimum atomic E-state index is -0.296. The van der Waals surface area contributed by atoms with Crippen LogP contribution in [0.1, 0.15) is 18.1 Å². The van der Waals surface area contributed by atoms with Crippen molar-refractivity contribution in [3.8, 4) is 5.75 Å². The Morgan fingerprint density at radius 2 is 1.88 bits per heavy atom. The molecule has 0 bridgehead atoms. The fraction of sp³-hybridized carbons (Fsp3) is 0.263. The molecule has 0 saturated heterocycles. The average molecular weight is 359 g/mol. The summed E-state index contributed by atoms with van der Waals surface area (Å²) < 4.78 is 5.68. The lowest BCUT2D eigenvalue weighted by Crippen LogP contribution is -2.32. The van der Waals surface area contributed by atoms with Gasteiger partial charge in [0.1, 0.15) is 12.4 Å². The second-order valence-corrected chi connectivity index (χ2v) is 6.55. The van der Waals surface area contributed by atoms with E-state index in [1.807, 2.05) is 25.1 Å². The van der Waals surface area contributed by atoms with Crippen LogP contribution in [-0.2, 0) is 16.0 Å². The molecule has 0 aliphatic carbocycles. The third-order valence-corrected chi connectivity index (χ3v) is 4.44. The van der Waals surface area contributed by atoms with Gasteiger partial charge in [-0.15, -0.1) is 0 Å². The summed E-state index contributed by atoms with van der Waals surface area (Å²) in [5, 5.41) is 6.32. The highest BCUT2D eigenvalue weighted by molar-refractivity contribution is 6.30. The maximum Gasteiger partial charge on any atom is 0.231 e. The standard InChI is InChI=1S/C19H19ClN2O3/c1-11-16(21-12(2)23)4-3-5-17(11)22-19(24)14-8-13-9-15(20)6-7-18(13)25-10-14/h3-7,9,14H,8,10H2,1-2H3,(H,21,23)(H,22,24). The second kappa shape index (κ2) is 7.15. The molecule has 5 nitrogen and oxygen atoms in total. The molecule has 2 aromatic carbocycles. The number of rotatable bonds is 3. The number of carbonyl (C=O) groups excluding carboxylic acids is 2. The summed E-state index contributed by atoms with van der Waals surface area (Å²) in [7, 11) is 0. The van der Waals surface area contributed by atoms with Crippen LogP contribution >= 0.6 is 11.6 Å². The molecule has 0 aromatic heterocycles. The zero-order chi connectivity index (χ0) is 18.0. The van der Waals surface area contributed by atoms with Crippen LogP contribution in [-0.4, -0.2) is 18.4 Å². The number of halogens is 1. The van der Waals surface area contributed by atoms with Gasteiger partial charge in [0.25, 0.3) is 0 Å². The van der Waals surface area contributed by atoms with E-state index >= 15 is 0 Å². The maximum absolute atomic E-state index is 12.6. The number of anilines is 2. The van der Waals surface area contributed by atoms with Crippen molar-refractivity contribution in [1.82, 2.24) is 0 Å². The van der Waals surface area contributed by atoms with E-state index in [4.69, 9.17) is 16.3 Å². The zero-order valence-electron chi connectivity index (χ0n) is 14.1. The predicted octanol–water partition coefficient (Wildman–Crippen LogP) is 3.80. The fourth-order valence-corrected chi connectivity index (χ4v) is 3.06. The van der Waals surface area contributed by atoms with Gasteiger partial charge in [-0.2, -0.15) is 0 Å². The van der Waals surface area contributed by atoms with Crippen molar-refractivity contribution in [3.63, 3.8) is 0 Å². The highest BCUT2D eigenvalue weighted by atomic mass is 35.5. The van der Waals surface area contributed by atoms with Crippen LogP contribution in [0.25, 0.3) is 0 Å². The number of amides is 2. The molecule has 0 radical (unpaired) electrons. The summed E-state index contributed by atoms with van der Waals surface area (Å²) in [5.74, 6) is 0.210. The van der Waals surface area contributed by atoms with Crippen LogP contribution in [0.2, 0.25) is 5.02 Å². The van der Waals surface area contributed by atoms with Crippen LogP contribution in [0, 0.1) is 12.8 Å². The number of nitrogens with one attached hydrogen (secondary N) is 2.